The van der Waals surface area contributed by atoms with Gasteiger partial charge in [-0.2, -0.15) is 13.2 Å². The number of thioether (sulfide) groups is 1. The fraction of sp³-hybridized carbons (Fsp3) is 0.158. The maximum atomic E-state index is 13.2. The molecule has 1 heterocycles. The van der Waals surface area contributed by atoms with E-state index in [1.54, 1.807) is 30.3 Å². The van der Waals surface area contributed by atoms with Crippen LogP contribution in [0, 0.1) is 5.82 Å². The fourth-order valence-corrected chi connectivity index (χ4v) is 3.32. The second-order valence-corrected chi connectivity index (χ2v) is 6.78. The van der Waals surface area contributed by atoms with Gasteiger partial charge in [-0.3, -0.25) is 4.79 Å². The summed E-state index contributed by atoms with van der Waals surface area (Å²) in [4.78, 5) is 16.1. The second kappa shape index (κ2) is 8.47. The topological polar surface area (TPSA) is 46.9 Å². The lowest BCUT2D eigenvalue weighted by Crippen LogP contribution is -2.20. The van der Waals surface area contributed by atoms with E-state index < -0.39 is 24.4 Å². The highest BCUT2D eigenvalue weighted by molar-refractivity contribution is 7.99. The largest absolute Gasteiger partial charge is 0.406 e. The maximum Gasteiger partial charge on any atom is 0.406 e. The van der Waals surface area contributed by atoms with Crippen LogP contribution in [-0.4, -0.2) is 27.4 Å². The summed E-state index contributed by atoms with van der Waals surface area (Å²) in [5.41, 5.74) is 1.18. The zero-order chi connectivity index (χ0) is 20.1. The first kappa shape index (κ1) is 19.9. The van der Waals surface area contributed by atoms with Crippen molar-refractivity contribution in [3.8, 4) is 11.3 Å². The number of imidazole rings is 1. The Labute approximate surface area is 162 Å². The summed E-state index contributed by atoms with van der Waals surface area (Å²) in [6, 6.07) is 13.9. The number of halogens is 4. The van der Waals surface area contributed by atoms with E-state index in [2.05, 4.69) is 10.3 Å². The molecule has 0 aliphatic rings. The van der Waals surface area contributed by atoms with Crippen molar-refractivity contribution in [2.75, 3.05) is 11.1 Å². The summed E-state index contributed by atoms with van der Waals surface area (Å²) in [7, 11) is 0. The van der Waals surface area contributed by atoms with Crippen LogP contribution in [-0.2, 0) is 11.3 Å². The van der Waals surface area contributed by atoms with Crippen LogP contribution in [0.1, 0.15) is 0 Å². The molecule has 0 aliphatic heterocycles. The van der Waals surface area contributed by atoms with Gasteiger partial charge < -0.3 is 9.88 Å². The number of carbonyl (C=O) groups excluding carboxylic acids is 1. The third-order valence-corrected chi connectivity index (χ3v) is 4.66. The van der Waals surface area contributed by atoms with Crippen LogP contribution >= 0.6 is 11.8 Å². The Bertz CT molecular complexity index is 957. The second-order valence-electron chi connectivity index (χ2n) is 5.84. The van der Waals surface area contributed by atoms with Gasteiger partial charge >= 0.3 is 6.18 Å². The molecule has 1 amide bonds. The van der Waals surface area contributed by atoms with Gasteiger partial charge in [-0.1, -0.05) is 48.2 Å². The predicted octanol–water partition coefficient (Wildman–Crippen LogP) is 4.98. The normalized spacial score (nSPS) is 11.4. The Balaban J connectivity index is 1.76. The van der Waals surface area contributed by atoms with Gasteiger partial charge in [0, 0.05) is 5.69 Å². The van der Waals surface area contributed by atoms with Gasteiger partial charge in [-0.05, 0) is 23.8 Å². The number of nitrogens with zero attached hydrogens (tertiary/aromatic N) is 2. The SMILES string of the molecule is O=C(CSc1ncc(-c2ccccc2)n1CC(F)(F)F)Nc1cccc(F)c1. The number of benzene rings is 2. The van der Waals surface area contributed by atoms with Crippen molar-refractivity contribution >= 4 is 23.4 Å². The standard InChI is InChI=1S/C19H15F4N3OS/c20-14-7-4-8-15(9-14)25-17(27)11-28-18-24-10-16(13-5-2-1-3-6-13)26(18)12-19(21,22)23/h1-10H,11-12H2,(H,25,27). The molecule has 4 nitrogen and oxygen atoms in total. The van der Waals surface area contributed by atoms with Gasteiger partial charge in [0.2, 0.25) is 5.91 Å². The van der Waals surface area contributed by atoms with Gasteiger partial charge in [0.15, 0.2) is 5.16 Å². The smallest absolute Gasteiger partial charge is 0.325 e. The zero-order valence-corrected chi connectivity index (χ0v) is 15.2. The molecule has 0 radical (unpaired) electrons. The van der Waals surface area contributed by atoms with Crippen LogP contribution in [0.25, 0.3) is 11.3 Å². The first-order chi connectivity index (χ1) is 13.3. The van der Waals surface area contributed by atoms with Crippen molar-refractivity contribution in [1.82, 2.24) is 9.55 Å². The van der Waals surface area contributed by atoms with Crippen molar-refractivity contribution in [2.45, 2.75) is 17.9 Å². The van der Waals surface area contributed by atoms with E-state index in [-0.39, 0.29) is 16.6 Å². The lowest BCUT2D eigenvalue weighted by atomic mass is 10.2. The van der Waals surface area contributed by atoms with E-state index in [9.17, 15) is 22.4 Å². The number of carbonyl (C=O) groups is 1. The third-order valence-electron chi connectivity index (χ3n) is 3.67. The summed E-state index contributed by atoms with van der Waals surface area (Å²) >= 11 is 0.881. The van der Waals surface area contributed by atoms with E-state index in [1.165, 1.54) is 24.4 Å². The van der Waals surface area contributed by atoms with Gasteiger partial charge in [0.1, 0.15) is 12.4 Å². The van der Waals surface area contributed by atoms with Crippen LogP contribution in [0.2, 0.25) is 0 Å². The van der Waals surface area contributed by atoms with Crippen LogP contribution < -0.4 is 5.32 Å². The molecule has 28 heavy (non-hydrogen) atoms. The number of hydrogen-bond acceptors (Lipinski definition) is 3. The molecular formula is C19H15F4N3OS. The van der Waals surface area contributed by atoms with Gasteiger partial charge in [0.25, 0.3) is 0 Å². The van der Waals surface area contributed by atoms with Crippen LogP contribution in [0.15, 0.2) is 66.0 Å². The highest BCUT2D eigenvalue weighted by Gasteiger charge is 2.31. The van der Waals surface area contributed by atoms with E-state index in [1.807, 2.05) is 0 Å². The molecule has 2 aromatic carbocycles. The van der Waals surface area contributed by atoms with Gasteiger partial charge in [0.05, 0.1) is 17.6 Å². The lowest BCUT2D eigenvalue weighted by molar-refractivity contribution is -0.141. The molecule has 3 aromatic rings. The summed E-state index contributed by atoms with van der Waals surface area (Å²) < 4.78 is 53.3. The summed E-state index contributed by atoms with van der Waals surface area (Å²) in [6.07, 6.45) is -3.09. The first-order valence-electron chi connectivity index (χ1n) is 8.18. The van der Waals surface area contributed by atoms with Crippen molar-refractivity contribution in [2.24, 2.45) is 0 Å². The fourth-order valence-electron chi connectivity index (χ4n) is 2.54. The number of amides is 1. The minimum Gasteiger partial charge on any atom is -0.325 e. The Kier molecular flexibility index (Phi) is 6.03. The average molecular weight is 409 g/mol. The summed E-state index contributed by atoms with van der Waals surface area (Å²) in [6.45, 7) is -1.22. The number of alkyl halides is 3. The molecule has 0 saturated heterocycles. The highest BCUT2D eigenvalue weighted by atomic mass is 32.2. The van der Waals surface area contributed by atoms with Crippen LogP contribution in [0.4, 0.5) is 23.2 Å². The number of nitrogens with one attached hydrogen (secondary N) is 1. The quantitative estimate of drug-likeness (QED) is 0.461. The molecule has 0 bridgehead atoms. The van der Waals surface area contributed by atoms with Crippen molar-refractivity contribution in [1.29, 1.82) is 0 Å². The molecule has 0 unspecified atom stereocenters. The molecule has 1 N–H and O–H groups in total. The number of aromatic nitrogens is 2. The monoisotopic (exact) mass is 409 g/mol. The molecule has 146 valence electrons. The molecular weight excluding hydrogens is 394 g/mol. The minimum atomic E-state index is -4.44. The molecule has 1 aromatic heterocycles. The number of hydrogen-bond donors (Lipinski definition) is 1. The van der Waals surface area contributed by atoms with Crippen LogP contribution in [0.3, 0.4) is 0 Å². The molecule has 0 atom stereocenters. The Morgan fingerprint density at radius 1 is 1.11 bits per heavy atom. The molecule has 0 spiro atoms. The Hall–Kier alpha value is -2.81. The predicted molar refractivity (Wildman–Crippen MR) is 99.5 cm³/mol. The number of anilines is 1. The van der Waals surface area contributed by atoms with E-state index in [4.69, 9.17) is 0 Å². The molecule has 0 aliphatic carbocycles. The highest BCUT2D eigenvalue weighted by Crippen LogP contribution is 2.30. The lowest BCUT2D eigenvalue weighted by Gasteiger charge is -2.14. The maximum absolute atomic E-state index is 13.2. The summed E-state index contributed by atoms with van der Waals surface area (Å²) in [5, 5.41) is 2.57. The Morgan fingerprint density at radius 2 is 1.86 bits per heavy atom. The van der Waals surface area contributed by atoms with E-state index >= 15 is 0 Å². The van der Waals surface area contributed by atoms with E-state index in [0.29, 0.717) is 11.3 Å². The van der Waals surface area contributed by atoms with Crippen molar-refractivity contribution in [3.05, 3.63) is 66.6 Å². The molecule has 0 fully saturated rings. The van der Waals surface area contributed by atoms with E-state index in [0.717, 1.165) is 22.4 Å². The number of rotatable bonds is 6. The summed E-state index contributed by atoms with van der Waals surface area (Å²) in [5.74, 6) is -1.14. The first-order valence-corrected chi connectivity index (χ1v) is 9.16. The van der Waals surface area contributed by atoms with Gasteiger partial charge in [-0.25, -0.2) is 9.37 Å². The van der Waals surface area contributed by atoms with Crippen molar-refractivity contribution in [3.63, 3.8) is 0 Å². The zero-order valence-electron chi connectivity index (χ0n) is 14.4. The third kappa shape index (κ3) is 5.35. The van der Waals surface area contributed by atoms with Gasteiger partial charge in [-0.15, -0.1) is 0 Å². The van der Waals surface area contributed by atoms with Crippen LogP contribution in [0.5, 0.6) is 0 Å². The van der Waals surface area contributed by atoms with Crippen molar-refractivity contribution < 1.29 is 22.4 Å². The Morgan fingerprint density at radius 3 is 2.54 bits per heavy atom. The average Bonchev–Trinajstić information content (AvgIpc) is 3.01. The minimum absolute atomic E-state index is 0.0746. The molecule has 0 saturated carbocycles. The molecule has 9 heteroatoms. The molecule has 3 rings (SSSR count).